The highest BCUT2D eigenvalue weighted by molar-refractivity contribution is 5.32. The van der Waals surface area contributed by atoms with Crippen LogP contribution in [0.1, 0.15) is 19.8 Å². The van der Waals surface area contributed by atoms with Gasteiger partial charge in [-0.1, -0.05) is 6.92 Å². The van der Waals surface area contributed by atoms with E-state index in [2.05, 4.69) is 32.1 Å². The molecular weight excluding hydrogens is 244 g/mol. The summed E-state index contributed by atoms with van der Waals surface area (Å²) >= 11 is 0. The maximum atomic E-state index is 5.59. The van der Waals surface area contributed by atoms with Crippen LogP contribution >= 0.6 is 0 Å². The van der Waals surface area contributed by atoms with E-state index in [1.807, 2.05) is 0 Å². The largest absolute Gasteiger partial charge is 0.467 e. The molecule has 0 unspecified atom stereocenters. The molecule has 2 rings (SSSR count). The number of hydrogen-bond acceptors (Lipinski definition) is 7. The van der Waals surface area contributed by atoms with Crippen molar-refractivity contribution in [1.82, 2.24) is 19.9 Å². The van der Waals surface area contributed by atoms with Crippen molar-refractivity contribution in [3.63, 3.8) is 0 Å². The van der Waals surface area contributed by atoms with Crippen LogP contribution in [-0.2, 0) is 0 Å². The average molecular weight is 266 g/mol. The van der Waals surface area contributed by atoms with Crippen LogP contribution in [0.15, 0.2) is 0 Å². The molecule has 3 N–H and O–H groups in total. The third kappa shape index (κ3) is 3.92. The van der Waals surface area contributed by atoms with Crippen LogP contribution in [0.2, 0.25) is 0 Å². The van der Waals surface area contributed by atoms with Gasteiger partial charge >= 0.3 is 6.01 Å². The van der Waals surface area contributed by atoms with Crippen LogP contribution in [0.4, 0.5) is 11.9 Å². The highest BCUT2D eigenvalue weighted by atomic mass is 16.5. The molecule has 1 aromatic heterocycles. The Kier molecular flexibility index (Phi) is 4.73. The molecule has 0 aromatic carbocycles. The number of hydrogen-bond donors (Lipinski definition) is 2. The number of nitrogen functional groups attached to an aromatic ring is 1. The van der Waals surface area contributed by atoms with Crippen LogP contribution in [0, 0.1) is 5.92 Å². The van der Waals surface area contributed by atoms with Gasteiger partial charge in [0.25, 0.3) is 0 Å². The first kappa shape index (κ1) is 13.8. The van der Waals surface area contributed by atoms with E-state index in [1.54, 1.807) is 0 Å². The molecule has 0 atom stereocenters. The minimum atomic E-state index is 0.176. The quantitative estimate of drug-likeness (QED) is 0.807. The molecule has 0 bridgehead atoms. The number of nitrogens with zero attached hydrogens (tertiary/aromatic N) is 4. The fourth-order valence-electron chi connectivity index (χ4n) is 2.28. The molecule has 0 aliphatic carbocycles. The third-order valence-corrected chi connectivity index (χ3v) is 3.52. The number of rotatable bonds is 5. The van der Waals surface area contributed by atoms with Crippen molar-refractivity contribution in [3.8, 4) is 6.01 Å². The Balaban J connectivity index is 1.84. The minimum Gasteiger partial charge on any atom is -0.467 e. The third-order valence-electron chi connectivity index (χ3n) is 3.52. The number of likely N-dealkylation sites (tertiary alicyclic amines) is 1. The predicted octanol–water partition coefficient (Wildman–Crippen LogP) is 0.606. The average Bonchev–Trinajstić information content (AvgIpc) is 2.45. The lowest BCUT2D eigenvalue weighted by atomic mass is 9.97. The smallest absolute Gasteiger partial charge is 0.322 e. The molecule has 0 spiro atoms. The van der Waals surface area contributed by atoms with Crippen LogP contribution in [-0.4, -0.2) is 53.1 Å². The Morgan fingerprint density at radius 1 is 1.32 bits per heavy atom. The van der Waals surface area contributed by atoms with Crippen LogP contribution in [0.25, 0.3) is 0 Å². The molecule has 2 heterocycles. The molecule has 19 heavy (non-hydrogen) atoms. The number of aromatic nitrogens is 3. The highest BCUT2D eigenvalue weighted by Crippen LogP contribution is 2.17. The van der Waals surface area contributed by atoms with Gasteiger partial charge in [-0.05, 0) is 38.4 Å². The van der Waals surface area contributed by atoms with Gasteiger partial charge in [0.1, 0.15) is 0 Å². The lowest BCUT2D eigenvalue weighted by Crippen LogP contribution is -2.35. The van der Waals surface area contributed by atoms with E-state index in [-0.39, 0.29) is 12.0 Å². The van der Waals surface area contributed by atoms with E-state index in [4.69, 9.17) is 10.5 Å². The van der Waals surface area contributed by atoms with Crippen molar-refractivity contribution in [2.24, 2.45) is 5.92 Å². The van der Waals surface area contributed by atoms with Gasteiger partial charge in [-0.15, -0.1) is 0 Å². The Labute approximate surface area is 113 Å². The molecule has 0 saturated carbocycles. The topological polar surface area (TPSA) is 89.2 Å². The predicted molar refractivity (Wildman–Crippen MR) is 74.1 cm³/mol. The van der Waals surface area contributed by atoms with Crippen molar-refractivity contribution < 1.29 is 4.74 Å². The first-order chi connectivity index (χ1) is 9.21. The zero-order valence-corrected chi connectivity index (χ0v) is 11.6. The second kappa shape index (κ2) is 6.51. The number of ether oxygens (including phenoxy) is 1. The molecule has 7 nitrogen and oxygen atoms in total. The van der Waals surface area contributed by atoms with Gasteiger partial charge in [-0.25, -0.2) is 0 Å². The number of methoxy groups -OCH3 is 1. The maximum Gasteiger partial charge on any atom is 0.322 e. The Hall–Kier alpha value is -1.63. The lowest BCUT2D eigenvalue weighted by molar-refractivity contribution is 0.198. The van der Waals surface area contributed by atoms with Gasteiger partial charge in [0.15, 0.2) is 0 Å². The van der Waals surface area contributed by atoms with E-state index in [0.29, 0.717) is 11.9 Å². The van der Waals surface area contributed by atoms with Crippen LogP contribution in [0.5, 0.6) is 6.01 Å². The van der Waals surface area contributed by atoms with E-state index in [9.17, 15) is 0 Å². The molecule has 7 heteroatoms. The second-order valence-electron chi connectivity index (χ2n) is 4.76. The van der Waals surface area contributed by atoms with Gasteiger partial charge in [0.2, 0.25) is 11.9 Å². The van der Waals surface area contributed by atoms with Crippen LogP contribution < -0.4 is 15.8 Å². The monoisotopic (exact) mass is 266 g/mol. The molecule has 0 amide bonds. The Bertz CT molecular complexity index is 405. The normalized spacial score (nSPS) is 17.4. The highest BCUT2D eigenvalue weighted by Gasteiger charge is 2.18. The van der Waals surface area contributed by atoms with E-state index in [1.165, 1.54) is 33.0 Å². The van der Waals surface area contributed by atoms with Gasteiger partial charge in [-0.3, -0.25) is 0 Å². The summed E-state index contributed by atoms with van der Waals surface area (Å²) in [6.07, 6.45) is 2.41. The van der Waals surface area contributed by atoms with Crippen molar-refractivity contribution in [2.45, 2.75) is 19.8 Å². The van der Waals surface area contributed by atoms with Gasteiger partial charge in [-0.2, -0.15) is 15.0 Å². The van der Waals surface area contributed by atoms with Crippen LogP contribution in [0.3, 0.4) is 0 Å². The zero-order chi connectivity index (χ0) is 13.7. The molecule has 1 fully saturated rings. The zero-order valence-electron chi connectivity index (χ0n) is 11.6. The molecule has 1 aliphatic heterocycles. The minimum absolute atomic E-state index is 0.176. The van der Waals surface area contributed by atoms with Crippen molar-refractivity contribution in [3.05, 3.63) is 0 Å². The Morgan fingerprint density at radius 3 is 2.68 bits per heavy atom. The summed E-state index contributed by atoms with van der Waals surface area (Å²) in [5.41, 5.74) is 5.59. The summed E-state index contributed by atoms with van der Waals surface area (Å²) in [6, 6.07) is 0.246. The molecule has 106 valence electrons. The molecule has 1 aromatic rings. The summed E-state index contributed by atoms with van der Waals surface area (Å²) in [5.74, 6) is 1.32. The SMILES string of the molecule is CCN1CCC(CNc2nc(N)nc(OC)n2)CC1. The first-order valence-corrected chi connectivity index (χ1v) is 6.73. The fraction of sp³-hybridized carbons (Fsp3) is 0.750. The van der Waals surface area contributed by atoms with Crippen molar-refractivity contribution >= 4 is 11.9 Å². The summed E-state index contributed by atoms with van der Waals surface area (Å²) in [5, 5.41) is 3.22. The van der Waals surface area contributed by atoms with E-state index >= 15 is 0 Å². The second-order valence-corrected chi connectivity index (χ2v) is 4.76. The summed E-state index contributed by atoms with van der Waals surface area (Å²) < 4.78 is 4.97. The van der Waals surface area contributed by atoms with Gasteiger partial charge in [0.05, 0.1) is 7.11 Å². The molecule has 0 radical (unpaired) electrons. The number of nitrogens with one attached hydrogen (secondary N) is 1. The van der Waals surface area contributed by atoms with Crippen molar-refractivity contribution in [1.29, 1.82) is 0 Å². The van der Waals surface area contributed by atoms with Gasteiger partial charge < -0.3 is 20.7 Å². The number of piperidine rings is 1. The molecule has 1 saturated heterocycles. The standard InChI is InChI=1S/C12H22N6O/c1-3-18-6-4-9(5-7-18)8-14-11-15-10(13)16-12(17-11)19-2/h9H,3-8H2,1-2H3,(H3,13,14,15,16,17). The summed E-state index contributed by atoms with van der Waals surface area (Å²) in [7, 11) is 1.51. The lowest BCUT2D eigenvalue weighted by Gasteiger charge is -2.31. The van der Waals surface area contributed by atoms with Gasteiger partial charge in [0, 0.05) is 6.54 Å². The summed E-state index contributed by atoms with van der Waals surface area (Å²) in [4.78, 5) is 14.5. The molecular formula is C12H22N6O. The fourth-order valence-corrected chi connectivity index (χ4v) is 2.28. The number of anilines is 2. The molecule has 1 aliphatic rings. The van der Waals surface area contributed by atoms with Crippen molar-refractivity contribution in [2.75, 3.05) is 44.3 Å². The summed E-state index contributed by atoms with van der Waals surface area (Å²) in [6.45, 7) is 6.56. The first-order valence-electron chi connectivity index (χ1n) is 6.73. The maximum absolute atomic E-state index is 5.59. The number of nitrogens with two attached hydrogens (primary N) is 1. The van der Waals surface area contributed by atoms with E-state index in [0.717, 1.165) is 13.1 Å². The van der Waals surface area contributed by atoms with E-state index < -0.39 is 0 Å². The Morgan fingerprint density at radius 2 is 2.05 bits per heavy atom.